The van der Waals surface area contributed by atoms with Crippen molar-refractivity contribution in [2.24, 2.45) is 28.6 Å². The third kappa shape index (κ3) is 10.7. The molecule has 264 valence electrons. The lowest BCUT2D eigenvalue weighted by atomic mass is 9.81. The van der Waals surface area contributed by atoms with Crippen LogP contribution in [0.2, 0.25) is 10.0 Å². The minimum atomic E-state index is -4.79. The van der Waals surface area contributed by atoms with E-state index in [0.717, 1.165) is 57.0 Å². The number of nitrogens with two attached hydrogens (primary N) is 1. The highest BCUT2D eigenvalue weighted by Gasteiger charge is 2.49. The first kappa shape index (κ1) is 37.8. The first-order valence-corrected chi connectivity index (χ1v) is 16.6. The van der Waals surface area contributed by atoms with Crippen LogP contribution in [0.4, 0.5) is 26.3 Å². The van der Waals surface area contributed by atoms with Crippen molar-refractivity contribution in [1.82, 2.24) is 9.80 Å². The number of likely N-dealkylation sites (tertiary alicyclic amines) is 2. The van der Waals surface area contributed by atoms with Crippen LogP contribution in [-0.4, -0.2) is 92.9 Å². The Hall–Kier alpha value is -2.06. The average Bonchev–Trinajstić information content (AvgIpc) is 3.02. The Morgan fingerprint density at radius 3 is 2.40 bits per heavy atom. The Bertz CT molecular complexity index is 1270. The van der Waals surface area contributed by atoms with Crippen LogP contribution in [-0.2, 0) is 14.4 Å². The third-order valence-corrected chi connectivity index (χ3v) is 10.3. The molecule has 7 nitrogen and oxygen atoms in total. The number of oxime groups is 1. The zero-order chi connectivity index (χ0) is 34.4. The number of ether oxygens (including phenoxy) is 1. The van der Waals surface area contributed by atoms with E-state index < -0.39 is 43.6 Å². The largest absolute Gasteiger partial charge is 0.399 e. The molecule has 0 bridgehead atoms. The molecule has 15 heteroatoms. The van der Waals surface area contributed by atoms with Gasteiger partial charge in [0.1, 0.15) is 7.11 Å². The standard InChI is InChI=1S/C32H42Cl2F6N4O3/c1-46-42-29(19-47-18-20-13-23(31(35,36)37)16-24(14-20)32(38,39)40)26(21-4-5-27(33)28(34)15-21)8-12-43-10-6-25(7-11-43)44-9-2-3-22(17-44)30(41)45/h4-5,13,15,22-26H,2-3,6-12,14,16-19H2,1H3,(H2,41,45)/b42-29+. The predicted octanol–water partition coefficient (Wildman–Crippen LogP) is 7.23. The molecule has 2 fully saturated rings. The second kappa shape index (κ2) is 16.6. The van der Waals surface area contributed by atoms with Crippen LogP contribution in [0.3, 0.4) is 0 Å². The number of rotatable bonds is 12. The summed E-state index contributed by atoms with van der Waals surface area (Å²) in [6.45, 7) is 3.43. The Morgan fingerprint density at radius 2 is 1.79 bits per heavy atom. The Kier molecular flexibility index (Phi) is 13.3. The van der Waals surface area contributed by atoms with Crippen LogP contribution in [0.5, 0.6) is 0 Å². The van der Waals surface area contributed by atoms with Gasteiger partial charge < -0.3 is 20.2 Å². The van der Waals surface area contributed by atoms with Gasteiger partial charge in [0, 0.05) is 18.5 Å². The number of hydrogen-bond acceptors (Lipinski definition) is 6. The normalized spacial score (nSPS) is 25.0. The minimum absolute atomic E-state index is 0.0533. The molecule has 47 heavy (non-hydrogen) atoms. The van der Waals surface area contributed by atoms with E-state index in [-0.39, 0.29) is 29.9 Å². The number of halogens is 8. The molecule has 4 unspecified atom stereocenters. The van der Waals surface area contributed by atoms with Crippen molar-refractivity contribution in [3.63, 3.8) is 0 Å². The first-order valence-electron chi connectivity index (χ1n) is 15.9. The van der Waals surface area contributed by atoms with Crippen molar-refractivity contribution in [3.8, 4) is 0 Å². The van der Waals surface area contributed by atoms with Crippen molar-refractivity contribution in [2.45, 2.75) is 69.3 Å². The number of benzene rings is 1. The van der Waals surface area contributed by atoms with E-state index in [4.69, 9.17) is 38.5 Å². The van der Waals surface area contributed by atoms with E-state index in [9.17, 15) is 31.1 Å². The number of alkyl halides is 6. The molecule has 0 radical (unpaired) electrons. The van der Waals surface area contributed by atoms with Crippen molar-refractivity contribution in [1.29, 1.82) is 0 Å². The first-order chi connectivity index (χ1) is 22.2. The summed E-state index contributed by atoms with van der Waals surface area (Å²) in [5.41, 5.74) is 6.70. The quantitative estimate of drug-likeness (QED) is 0.107. The highest BCUT2D eigenvalue weighted by molar-refractivity contribution is 6.42. The fraction of sp³-hybridized carbons (Fsp3) is 0.688. The van der Waals surface area contributed by atoms with Crippen molar-refractivity contribution in [3.05, 3.63) is 45.5 Å². The summed E-state index contributed by atoms with van der Waals surface area (Å²) in [4.78, 5) is 21.6. The molecule has 0 spiro atoms. The van der Waals surface area contributed by atoms with Gasteiger partial charge in [-0.3, -0.25) is 9.69 Å². The number of carbonyl (C=O) groups is 1. The van der Waals surface area contributed by atoms with Crippen LogP contribution in [0.1, 0.15) is 56.4 Å². The number of allylic oxidation sites excluding steroid dienone is 1. The summed E-state index contributed by atoms with van der Waals surface area (Å²) < 4.78 is 86.5. The summed E-state index contributed by atoms with van der Waals surface area (Å²) in [5, 5.41) is 4.86. The second-order valence-electron chi connectivity index (χ2n) is 12.7. The van der Waals surface area contributed by atoms with Crippen LogP contribution in [0.25, 0.3) is 0 Å². The smallest absolute Gasteiger partial charge is 0.395 e. The molecule has 2 heterocycles. The molecule has 0 saturated carbocycles. The zero-order valence-electron chi connectivity index (χ0n) is 26.3. The summed E-state index contributed by atoms with van der Waals surface area (Å²) in [6, 6.07) is 5.54. The van der Waals surface area contributed by atoms with Crippen molar-refractivity contribution >= 4 is 34.8 Å². The molecule has 3 aliphatic rings. The fourth-order valence-electron chi connectivity index (χ4n) is 6.95. The number of amides is 1. The number of carbonyl (C=O) groups excluding carboxylic acids is 1. The molecule has 0 aromatic heterocycles. The summed E-state index contributed by atoms with van der Waals surface area (Å²) in [7, 11) is 1.35. The van der Waals surface area contributed by atoms with Crippen LogP contribution < -0.4 is 5.73 Å². The minimum Gasteiger partial charge on any atom is -0.399 e. The SMILES string of the molecule is CO/N=C(\COCC1=CC(C(F)(F)F)CC(C(F)(F)F)C1)C(CCN1CCC(N2CCCC(C(N)=O)C2)CC1)c1ccc(Cl)c(Cl)c1. The van der Waals surface area contributed by atoms with Crippen LogP contribution in [0.15, 0.2) is 35.0 Å². The van der Waals surface area contributed by atoms with Gasteiger partial charge in [0.25, 0.3) is 0 Å². The predicted molar refractivity (Wildman–Crippen MR) is 168 cm³/mol. The van der Waals surface area contributed by atoms with Gasteiger partial charge in [-0.1, -0.05) is 40.5 Å². The third-order valence-electron chi connectivity index (χ3n) is 9.52. The maximum absolute atomic E-state index is 13.5. The molecule has 1 aromatic rings. The molecule has 1 amide bonds. The van der Waals surface area contributed by atoms with Gasteiger partial charge in [0.15, 0.2) is 0 Å². The maximum Gasteiger partial charge on any atom is 0.395 e. The number of piperidine rings is 2. The monoisotopic (exact) mass is 714 g/mol. The summed E-state index contributed by atoms with van der Waals surface area (Å²) in [5.74, 6) is -5.03. The van der Waals surface area contributed by atoms with Gasteiger partial charge >= 0.3 is 12.4 Å². The highest BCUT2D eigenvalue weighted by atomic mass is 35.5. The van der Waals surface area contributed by atoms with E-state index in [2.05, 4.69) is 15.0 Å². The van der Waals surface area contributed by atoms with Gasteiger partial charge in [-0.2, -0.15) is 26.3 Å². The van der Waals surface area contributed by atoms with Crippen molar-refractivity contribution < 1.29 is 40.7 Å². The molecule has 1 aromatic carbocycles. The van der Waals surface area contributed by atoms with Gasteiger partial charge in [0.05, 0.1) is 46.7 Å². The molecule has 2 saturated heterocycles. The topological polar surface area (TPSA) is 80.4 Å². The molecule has 4 atom stereocenters. The van der Waals surface area contributed by atoms with Gasteiger partial charge in [-0.25, -0.2) is 0 Å². The average molecular weight is 716 g/mol. The van der Waals surface area contributed by atoms with E-state index in [1.54, 1.807) is 18.2 Å². The Morgan fingerprint density at radius 1 is 1.06 bits per heavy atom. The molecular formula is C32H42Cl2F6N4O3. The van der Waals surface area contributed by atoms with E-state index in [1.165, 1.54) is 7.11 Å². The molecule has 2 N–H and O–H groups in total. The van der Waals surface area contributed by atoms with Crippen LogP contribution >= 0.6 is 23.2 Å². The van der Waals surface area contributed by atoms with Gasteiger partial charge in [0.2, 0.25) is 5.91 Å². The summed E-state index contributed by atoms with van der Waals surface area (Å²) in [6.07, 6.45) is -6.04. The zero-order valence-corrected chi connectivity index (χ0v) is 27.8. The number of nitrogens with zero attached hydrogens (tertiary/aromatic N) is 3. The van der Waals surface area contributed by atoms with E-state index in [0.29, 0.717) is 41.3 Å². The highest BCUT2D eigenvalue weighted by Crippen LogP contribution is 2.45. The Balaban J connectivity index is 1.42. The van der Waals surface area contributed by atoms with Gasteiger partial charge in [-0.15, -0.1) is 0 Å². The number of hydrogen-bond donors (Lipinski definition) is 1. The van der Waals surface area contributed by atoms with Gasteiger partial charge in [-0.05, 0) is 94.4 Å². The fourth-order valence-corrected chi connectivity index (χ4v) is 7.26. The van der Waals surface area contributed by atoms with E-state index in [1.807, 2.05) is 0 Å². The molecular weight excluding hydrogens is 673 g/mol. The number of primary amides is 1. The lowest BCUT2D eigenvalue weighted by Crippen LogP contribution is -2.50. The Labute approximate surface area is 281 Å². The maximum atomic E-state index is 13.5. The molecule has 2 aliphatic heterocycles. The summed E-state index contributed by atoms with van der Waals surface area (Å²) >= 11 is 12.5. The molecule has 1 aliphatic carbocycles. The second-order valence-corrected chi connectivity index (χ2v) is 13.5. The van der Waals surface area contributed by atoms with Crippen molar-refractivity contribution in [2.75, 3.05) is 53.0 Å². The lowest BCUT2D eigenvalue weighted by Gasteiger charge is -2.42. The molecule has 4 rings (SSSR count). The lowest BCUT2D eigenvalue weighted by molar-refractivity contribution is -0.205. The van der Waals surface area contributed by atoms with E-state index >= 15 is 0 Å². The van der Waals surface area contributed by atoms with Crippen LogP contribution in [0, 0.1) is 17.8 Å².